The third kappa shape index (κ3) is 5.53. The van der Waals surface area contributed by atoms with E-state index in [4.69, 9.17) is 4.74 Å². The molecule has 2 aromatic rings. The fraction of sp³-hybridized carbons (Fsp3) is 0.429. The molecule has 0 aliphatic heterocycles. The molecule has 0 saturated heterocycles. The number of ether oxygens (including phenoxy) is 1. The highest BCUT2D eigenvalue weighted by Crippen LogP contribution is 2.27. The Morgan fingerprint density at radius 1 is 1.07 bits per heavy atom. The standard InChI is InChI=1S/C21H26FNO3S/c1-27(24,25)23(19-7-3-4-8-19)16-17-10-12-20(13-11-17)26-15-14-18-6-2-5-9-21(18)22/h2,5-6,9-13,19H,3-4,7-8,14-16H2,1H3. The van der Waals surface area contributed by atoms with Crippen molar-refractivity contribution in [2.45, 2.75) is 44.7 Å². The molecule has 4 nitrogen and oxygen atoms in total. The Morgan fingerprint density at radius 2 is 1.74 bits per heavy atom. The maximum atomic E-state index is 13.6. The molecule has 0 bridgehead atoms. The molecule has 1 fully saturated rings. The van der Waals surface area contributed by atoms with E-state index in [1.165, 1.54) is 12.3 Å². The summed E-state index contributed by atoms with van der Waals surface area (Å²) in [4.78, 5) is 0. The molecule has 0 amide bonds. The Labute approximate surface area is 161 Å². The fourth-order valence-electron chi connectivity index (χ4n) is 3.56. The van der Waals surface area contributed by atoms with Crippen LogP contribution in [0.1, 0.15) is 36.8 Å². The van der Waals surface area contributed by atoms with E-state index in [0.717, 1.165) is 31.2 Å². The highest BCUT2D eigenvalue weighted by atomic mass is 32.2. The molecule has 1 saturated carbocycles. The van der Waals surface area contributed by atoms with Crippen LogP contribution in [0.4, 0.5) is 4.39 Å². The number of rotatable bonds is 8. The van der Waals surface area contributed by atoms with Gasteiger partial charge in [-0.05, 0) is 42.2 Å². The first-order chi connectivity index (χ1) is 12.9. The van der Waals surface area contributed by atoms with E-state index in [0.29, 0.717) is 30.9 Å². The lowest BCUT2D eigenvalue weighted by atomic mass is 10.1. The number of benzene rings is 2. The van der Waals surface area contributed by atoms with Crippen LogP contribution in [-0.4, -0.2) is 31.6 Å². The number of sulfonamides is 1. The van der Waals surface area contributed by atoms with Gasteiger partial charge < -0.3 is 4.74 Å². The molecule has 6 heteroatoms. The van der Waals surface area contributed by atoms with Crippen molar-refractivity contribution in [3.63, 3.8) is 0 Å². The molecule has 0 radical (unpaired) electrons. The van der Waals surface area contributed by atoms with Crippen LogP contribution in [-0.2, 0) is 23.0 Å². The van der Waals surface area contributed by atoms with Crippen molar-refractivity contribution in [1.29, 1.82) is 0 Å². The van der Waals surface area contributed by atoms with Crippen LogP contribution in [0.3, 0.4) is 0 Å². The number of hydrogen-bond donors (Lipinski definition) is 0. The zero-order chi connectivity index (χ0) is 19.3. The van der Waals surface area contributed by atoms with E-state index in [9.17, 15) is 12.8 Å². The van der Waals surface area contributed by atoms with Crippen molar-refractivity contribution < 1.29 is 17.5 Å². The third-order valence-electron chi connectivity index (χ3n) is 5.02. The van der Waals surface area contributed by atoms with Gasteiger partial charge in [0, 0.05) is 19.0 Å². The second-order valence-corrected chi connectivity index (χ2v) is 9.02. The lowest BCUT2D eigenvalue weighted by Gasteiger charge is -2.26. The Hall–Kier alpha value is -1.92. The SMILES string of the molecule is CS(=O)(=O)N(Cc1ccc(OCCc2ccccc2F)cc1)C1CCCC1. The predicted molar refractivity (Wildman–Crippen MR) is 105 cm³/mol. The summed E-state index contributed by atoms with van der Waals surface area (Å²) < 4.78 is 45.2. The summed E-state index contributed by atoms with van der Waals surface area (Å²) in [6.07, 6.45) is 5.83. The van der Waals surface area contributed by atoms with Gasteiger partial charge in [0.1, 0.15) is 11.6 Å². The van der Waals surface area contributed by atoms with E-state index in [2.05, 4.69) is 0 Å². The second kappa shape index (κ2) is 8.85. The number of nitrogens with zero attached hydrogens (tertiary/aromatic N) is 1. The monoisotopic (exact) mass is 391 g/mol. The van der Waals surface area contributed by atoms with Crippen LogP contribution < -0.4 is 4.74 Å². The largest absolute Gasteiger partial charge is 0.493 e. The van der Waals surface area contributed by atoms with Gasteiger partial charge in [0.05, 0.1) is 12.9 Å². The van der Waals surface area contributed by atoms with Crippen molar-refractivity contribution in [3.05, 3.63) is 65.5 Å². The van der Waals surface area contributed by atoms with Crippen LogP contribution >= 0.6 is 0 Å². The molecule has 2 aromatic carbocycles. The van der Waals surface area contributed by atoms with E-state index < -0.39 is 10.0 Å². The molecule has 0 atom stereocenters. The summed E-state index contributed by atoms with van der Waals surface area (Å²) in [6.45, 7) is 0.775. The smallest absolute Gasteiger partial charge is 0.211 e. The maximum Gasteiger partial charge on any atom is 0.211 e. The first-order valence-electron chi connectivity index (χ1n) is 9.35. The first-order valence-corrected chi connectivity index (χ1v) is 11.2. The second-order valence-electron chi connectivity index (χ2n) is 7.08. The van der Waals surface area contributed by atoms with Crippen molar-refractivity contribution >= 4 is 10.0 Å². The quantitative estimate of drug-likeness (QED) is 0.679. The minimum Gasteiger partial charge on any atom is -0.493 e. The molecule has 0 aromatic heterocycles. The Morgan fingerprint density at radius 3 is 2.37 bits per heavy atom. The molecule has 1 aliphatic carbocycles. The molecule has 3 rings (SSSR count). The van der Waals surface area contributed by atoms with Gasteiger partial charge in [-0.1, -0.05) is 43.2 Å². The summed E-state index contributed by atoms with van der Waals surface area (Å²) in [5, 5.41) is 0. The van der Waals surface area contributed by atoms with Crippen LogP contribution in [0.25, 0.3) is 0 Å². The zero-order valence-electron chi connectivity index (χ0n) is 15.6. The van der Waals surface area contributed by atoms with Crippen LogP contribution in [0, 0.1) is 5.82 Å². The van der Waals surface area contributed by atoms with Crippen molar-refractivity contribution in [2.24, 2.45) is 0 Å². The molecule has 0 spiro atoms. The van der Waals surface area contributed by atoms with Gasteiger partial charge in [-0.2, -0.15) is 4.31 Å². The number of halogens is 1. The molecule has 146 valence electrons. The predicted octanol–water partition coefficient (Wildman–Crippen LogP) is 4.15. The van der Waals surface area contributed by atoms with Crippen molar-refractivity contribution in [3.8, 4) is 5.75 Å². The Kier molecular flexibility index (Phi) is 6.50. The maximum absolute atomic E-state index is 13.6. The van der Waals surface area contributed by atoms with Crippen molar-refractivity contribution in [1.82, 2.24) is 4.31 Å². The number of hydrogen-bond acceptors (Lipinski definition) is 3. The molecule has 0 heterocycles. The minimum atomic E-state index is -3.24. The van der Waals surface area contributed by atoms with Crippen molar-refractivity contribution in [2.75, 3.05) is 12.9 Å². The molecule has 0 N–H and O–H groups in total. The highest BCUT2D eigenvalue weighted by molar-refractivity contribution is 7.88. The zero-order valence-corrected chi connectivity index (χ0v) is 16.4. The average Bonchev–Trinajstić information content (AvgIpc) is 3.15. The lowest BCUT2D eigenvalue weighted by molar-refractivity contribution is 0.315. The lowest BCUT2D eigenvalue weighted by Crippen LogP contribution is -2.37. The summed E-state index contributed by atoms with van der Waals surface area (Å²) in [5.41, 5.74) is 1.57. The highest BCUT2D eigenvalue weighted by Gasteiger charge is 2.29. The van der Waals surface area contributed by atoms with Gasteiger partial charge >= 0.3 is 0 Å². The van der Waals surface area contributed by atoms with Gasteiger partial charge in [-0.25, -0.2) is 12.8 Å². The Balaban J connectivity index is 1.57. The third-order valence-corrected chi connectivity index (χ3v) is 6.30. The molecule has 0 unspecified atom stereocenters. The van der Waals surface area contributed by atoms with Crippen LogP contribution in [0.2, 0.25) is 0 Å². The molecular formula is C21H26FNO3S. The topological polar surface area (TPSA) is 46.6 Å². The van der Waals surface area contributed by atoms with Gasteiger partial charge in [-0.3, -0.25) is 0 Å². The van der Waals surface area contributed by atoms with E-state index in [1.807, 2.05) is 30.3 Å². The van der Waals surface area contributed by atoms with E-state index in [1.54, 1.807) is 16.4 Å². The average molecular weight is 392 g/mol. The van der Waals surface area contributed by atoms with E-state index in [-0.39, 0.29) is 11.9 Å². The van der Waals surface area contributed by atoms with Crippen LogP contribution in [0.15, 0.2) is 48.5 Å². The van der Waals surface area contributed by atoms with Crippen LogP contribution in [0.5, 0.6) is 5.75 Å². The van der Waals surface area contributed by atoms with Gasteiger partial charge in [0.2, 0.25) is 10.0 Å². The summed E-state index contributed by atoms with van der Waals surface area (Å²) in [6, 6.07) is 14.3. The Bertz CT molecular complexity index is 846. The summed E-state index contributed by atoms with van der Waals surface area (Å²) in [5.74, 6) is 0.478. The first kappa shape index (κ1) is 19.8. The summed E-state index contributed by atoms with van der Waals surface area (Å²) in [7, 11) is -3.24. The van der Waals surface area contributed by atoms with Gasteiger partial charge in [0.15, 0.2) is 0 Å². The van der Waals surface area contributed by atoms with Gasteiger partial charge in [-0.15, -0.1) is 0 Å². The molecule has 1 aliphatic rings. The minimum absolute atomic E-state index is 0.108. The normalized spacial score (nSPS) is 15.4. The molecular weight excluding hydrogens is 365 g/mol. The van der Waals surface area contributed by atoms with Gasteiger partial charge in [0.25, 0.3) is 0 Å². The molecule has 27 heavy (non-hydrogen) atoms. The fourth-order valence-corrected chi connectivity index (χ4v) is 4.70. The summed E-state index contributed by atoms with van der Waals surface area (Å²) >= 11 is 0. The van der Waals surface area contributed by atoms with E-state index >= 15 is 0 Å².